The molecule has 1 aliphatic heterocycles. The molecule has 5 heteroatoms. The first kappa shape index (κ1) is 14.5. The van der Waals surface area contributed by atoms with Crippen LogP contribution in [0.1, 0.15) is 32.4 Å². The molecule has 106 valence electrons. The number of cyclic esters (lactones) is 1. The molecule has 0 aromatic heterocycles. The van der Waals surface area contributed by atoms with Gasteiger partial charge in [-0.2, -0.15) is 0 Å². The molecule has 2 aromatic rings. The molecule has 3 nitrogen and oxygen atoms in total. The molecule has 0 radical (unpaired) electrons. The van der Waals surface area contributed by atoms with Crippen LogP contribution in [-0.2, 0) is 4.74 Å². The average Bonchev–Trinajstić information content (AvgIpc) is 2.86. The maximum Gasteiger partial charge on any atom is 0.339 e. The Labute approximate surface area is 138 Å². The van der Waals surface area contributed by atoms with Gasteiger partial charge in [0.2, 0.25) is 0 Å². The van der Waals surface area contributed by atoms with Crippen molar-refractivity contribution in [3.63, 3.8) is 0 Å². The lowest BCUT2D eigenvalue weighted by Gasteiger charge is -2.25. The van der Waals surface area contributed by atoms with E-state index in [9.17, 15) is 9.59 Å². The van der Waals surface area contributed by atoms with Crippen LogP contribution in [-0.4, -0.2) is 15.0 Å². The van der Waals surface area contributed by atoms with Gasteiger partial charge in [0.1, 0.15) is 0 Å². The lowest BCUT2D eigenvalue weighted by atomic mass is 9.98. The molecule has 3 rings (SSSR count). The van der Waals surface area contributed by atoms with Gasteiger partial charge in [-0.3, -0.25) is 4.79 Å². The summed E-state index contributed by atoms with van der Waals surface area (Å²) in [7, 11) is 0. The van der Waals surface area contributed by atoms with Gasteiger partial charge >= 0.3 is 5.97 Å². The van der Waals surface area contributed by atoms with Crippen molar-refractivity contribution < 1.29 is 14.3 Å². The minimum absolute atomic E-state index is 0.197. The molecular formula is C16H10Br2O3. The van der Waals surface area contributed by atoms with Gasteiger partial charge in [-0.1, -0.05) is 80.4 Å². The van der Waals surface area contributed by atoms with Crippen LogP contribution in [0, 0.1) is 0 Å². The number of fused-ring (bicyclic) bond motifs is 1. The Bertz CT molecular complexity index is 710. The van der Waals surface area contributed by atoms with E-state index in [-0.39, 0.29) is 5.78 Å². The summed E-state index contributed by atoms with van der Waals surface area (Å²) in [5.74, 6) is -0.614. The Kier molecular flexibility index (Phi) is 3.71. The maximum absolute atomic E-state index is 12.7. The van der Waals surface area contributed by atoms with E-state index in [0.717, 1.165) is 0 Å². The minimum atomic E-state index is -1.19. The third kappa shape index (κ3) is 2.45. The van der Waals surface area contributed by atoms with E-state index in [1.807, 2.05) is 12.1 Å². The van der Waals surface area contributed by atoms with Crippen LogP contribution in [0.3, 0.4) is 0 Å². The summed E-state index contributed by atoms with van der Waals surface area (Å²) in [5.41, 5.74) is 1.72. The number of Topliss-reactive ketones (excluding diaryl/α,β-unsaturated/α-hetero) is 1. The summed E-state index contributed by atoms with van der Waals surface area (Å²) in [4.78, 5) is 24.6. The molecule has 0 bridgehead atoms. The number of benzene rings is 2. The molecule has 0 amide bonds. The highest BCUT2D eigenvalue weighted by molar-refractivity contribution is 9.26. The highest BCUT2D eigenvalue weighted by Crippen LogP contribution is 2.48. The number of rotatable bonds is 3. The number of hydrogen-bond donors (Lipinski definition) is 0. The van der Waals surface area contributed by atoms with Gasteiger partial charge in [0.25, 0.3) is 0 Å². The second-order valence-electron chi connectivity index (χ2n) is 4.69. The van der Waals surface area contributed by atoms with E-state index in [2.05, 4.69) is 31.9 Å². The number of esters is 1. The number of ketones is 1. The highest BCUT2D eigenvalue weighted by Gasteiger charge is 2.49. The SMILES string of the molecule is O=C1OC(C(Br)(Br)C(=O)c2ccccc2)c2ccccc21. The van der Waals surface area contributed by atoms with Gasteiger partial charge in [-0.25, -0.2) is 4.79 Å². The lowest BCUT2D eigenvalue weighted by Crippen LogP contribution is -2.32. The van der Waals surface area contributed by atoms with Gasteiger partial charge in [0, 0.05) is 11.1 Å². The third-order valence-electron chi connectivity index (χ3n) is 3.36. The Morgan fingerprint density at radius 3 is 2.33 bits per heavy atom. The smallest absolute Gasteiger partial charge is 0.339 e. The molecule has 0 aliphatic carbocycles. The second kappa shape index (κ2) is 5.39. The van der Waals surface area contributed by atoms with Crippen molar-refractivity contribution in [3.8, 4) is 0 Å². The van der Waals surface area contributed by atoms with Gasteiger partial charge in [-0.15, -0.1) is 0 Å². The fourth-order valence-corrected chi connectivity index (χ4v) is 3.45. The van der Waals surface area contributed by atoms with Gasteiger partial charge in [0.15, 0.2) is 15.1 Å². The van der Waals surface area contributed by atoms with Gasteiger partial charge in [-0.05, 0) is 6.07 Å². The summed E-state index contributed by atoms with van der Waals surface area (Å²) in [6, 6.07) is 15.9. The van der Waals surface area contributed by atoms with Crippen LogP contribution in [0.4, 0.5) is 0 Å². The first-order valence-electron chi connectivity index (χ1n) is 6.29. The Balaban J connectivity index is 2.00. The monoisotopic (exact) mass is 408 g/mol. The normalized spacial score (nSPS) is 17.2. The van der Waals surface area contributed by atoms with Gasteiger partial charge < -0.3 is 4.74 Å². The molecule has 1 atom stereocenters. The molecule has 1 heterocycles. The van der Waals surface area contributed by atoms with Crippen LogP contribution in [0.5, 0.6) is 0 Å². The third-order valence-corrected chi connectivity index (χ3v) is 4.91. The molecule has 2 aromatic carbocycles. The zero-order valence-corrected chi connectivity index (χ0v) is 13.9. The van der Waals surface area contributed by atoms with Crippen LogP contribution >= 0.6 is 31.9 Å². The van der Waals surface area contributed by atoms with E-state index in [4.69, 9.17) is 4.74 Å². The van der Waals surface area contributed by atoms with Crippen molar-refractivity contribution in [2.75, 3.05) is 0 Å². The molecule has 0 N–H and O–H groups in total. The van der Waals surface area contributed by atoms with Crippen LogP contribution in [0.15, 0.2) is 54.6 Å². The maximum atomic E-state index is 12.7. The Morgan fingerprint density at radius 1 is 1.00 bits per heavy atom. The Hall–Kier alpha value is -1.46. The summed E-state index contributed by atoms with van der Waals surface area (Å²) in [6.07, 6.45) is -0.714. The number of carbonyl (C=O) groups excluding carboxylic acids is 2. The molecular weight excluding hydrogens is 400 g/mol. The van der Waals surface area contributed by atoms with Crippen molar-refractivity contribution in [2.24, 2.45) is 0 Å². The van der Waals surface area contributed by atoms with E-state index in [0.29, 0.717) is 16.7 Å². The van der Waals surface area contributed by atoms with E-state index in [1.54, 1.807) is 42.5 Å². The number of ether oxygens (including phenoxy) is 1. The minimum Gasteiger partial charge on any atom is -0.451 e. The second-order valence-corrected chi connectivity index (χ2v) is 8.26. The van der Waals surface area contributed by atoms with Crippen LogP contribution < -0.4 is 0 Å². The predicted molar refractivity (Wildman–Crippen MR) is 86.0 cm³/mol. The topological polar surface area (TPSA) is 43.4 Å². The lowest BCUT2D eigenvalue weighted by molar-refractivity contribution is 0.0367. The average molecular weight is 410 g/mol. The number of alkyl halides is 2. The molecule has 0 saturated carbocycles. The van der Waals surface area contributed by atoms with E-state index in [1.165, 1.54) is 0 Å². The quantitative estimate of drug-likeness (QED) is 0.432. The van der Waals surface area contributed by atoms with Crippen molar-refractivity contribution in [1.82, 2.24) is 0 Å². The molecule has 1 unspecified atom stereocenters. The number of hydrogen-bond acceptors (Lipinski definition) is 3. The number of halogens is 2. The Morgan fingerprint density at radius 2 is 1.62 bits per heavy atom. The van der Waals surface area contributed by atoms with E-state index < -0.39 is 15.3 Å². The highest BCUT2D eigenvalue weighted by atomic mass is 79.9. The van der Waals surface area contributed by atoms with Crippen LogP contribution in [0.25, 0.3) is 0 Å². The first-order valence-corrected chi connectivity index (χ1v) is 7.88. The summed E-state index contributed by atoms with van der Waals surface area (Å²) < 4.78 is 4.19. The van der Waals surface area contributed by atoms with E-state index >= 15 is 0 Å². The fourth-order valence-electron chi connectivity index (χ4n) is 2.32. The first-order chi connectivity index (χ1) is 10.0. The van der Waals surface area contributed by atoms with Crippen molar-refractivity contribution in [2.45, 2.75) is 9.34 Å². The summed E-state index contributed by atoms with van der Waals surface area (Å²) in [5, 5.41) is 0. The number of carbonyl (C=O) groups is 2. The molecule has 0 fully saturated rings. The molecule has 0 spiro atoms. The van der Waals surface area contributed by atoms with Gasteiger partial charge in [0.05, 0.1) is 5.56 Å². The van der Waals surface area contributed by atoms with Crippen LogP contribution in [0.2, 0.25) is 0 Å². The fraction of sp³-hybridized carbons (Fsp3) is 0.125. The van der Waals surface area contributed by atoms with Crippen molar-refractivity contribution >= 4 is 43.6 Å². The van der Waals surface area contributed by atoms with Crippen molar-refractivity contribution in [1.29, 1.82) is 0 Å². The molecule has 0 saturated heterocycles. The zero-order chi connectivity index (χ0) is 15.0. The summed E-state index contributed by atoms with van der Waals surface area (Å²) in [6.45, 7) is 0. The largest absolute Gasteiger partial charge is 0.451 e. The van der Waals surface area contributed by atoms with Crippen molar-refractivity contribution in [3.05, 3.63) is 71.3 Å². The molecule has 1 aliphatic rings. The predicted octanol–water partition coefficient (Wildman–Crippen LogP) is 4.27. The zero-order valence-electron chi connectivity index (χ0n) is 10.8. The standard InChI is InChI=1S/C16H10Br2O3/c17-16(18,13(19)10-6-2-1-3-7-10)14-11-8-4-5-9-12(11)15(20)21-14/h1-9,14H. The summed E-state index contributed by atoms with van der Waals surface area (Å²) >= 11 is 6.80. The molecule has 21 heavy (non-hydrogen) atoms.